The summed E-state index contributed by atoms with van der Waals surface area (Å²) in [4.78, 5) is 24.0. The van der Waals surface area contributed by atoms with Gasteiger partial charge in [0.2, 0.25) is 0 Å². The number of nitrogens with one attached hydrogen (secondary N) is 1. The van der Waals surface area contributed by atoms with Crippen LogP contribution >= 0.6 is 11.6 Å². The monoisotopic (exact) mass is 317 g/mol. The number of carbonyl (C=O) groups is 2. The molecular weight excluding hydrogens is 302 g/mol. The van der Waals surface area contributed by atoms with Crippen molar-refractivity contribution in [2.45, 2.75) is 20.0 Å². The summed E-state index contributed by atoms with van der Waals surface area (Å²) < 4.78 is 5.15. The van der Waals surface area contributed by atoms with Crippen LogP contribution in [0.1, 0.15) is 22.8 Å². The largest absolute Gasteiger partial charge is 0.449 e. The minimum absolute atomic E-state index is 0.347. The Kier molecular flexibility index (Phi) is 5.17. The summed E-state index contributed by atoms with van der Waals surface area (Å²) in [5, 5.41) is 3.24. The third kappa shape index (κ3) is 4.33. The number of benzene rings is 2. The van der Waals surface area contributed by atoms with Crippen LogP contribution in [0.5, 0.6) is 0 Å². The van der Waals surface area contributed by atoms with Crippen molar-refractivity contribution in [1.29, 1.82) is 0 Å². The number of rotatable bonds is 4. The van der Waals surface area contributed by atoms with E-state index in [4.69, 9.17) is 16.3 Å². The van der Waals surface area contributed by atoms with Crippen LogP contribution in [0, 0.1) is 6.92 Å². The van der Waals surface area contributed by atoms with E-state index in [0.29, 0.717) is 16.3 Å². The number of ether oxygens (including phenoxy) is 1. The number of anilines is 1. The molecular formula is C17H16ClNO3. The number of halogens is 1. The maximum absolute atomic E-state index is 12.0. The van der Waals surface area contributed by atoms with Gasteiger partial charge < -0.3 is 10.1 Å². The Hall–Kier alpha value is -2.33. The molecule has 0 fully saturated rings. The summed E-state index contributed by atoms with van der Waals surface area (Å²) in [5.74, 6) is -0.948. The van der Waals surface area contributed by atoms with E-state index in [1.54, 1.807) is 30.3 Å². The highest BCUT2D eigenvalue weighted by Gasteiger charge is 2.19. The SMILES string of the molecule is Cc1cccc(NC(=O)[C@H](C)OC(=O)c2ccc(Cl)cc2)c1. The molecule has 0 heterocycles. The molecule has 1 atom stereocenters. The molecule has 2 rings (SSSR count). The second-order valence-corrected chi connectivity index (χ2v) is 5.35. The van der Waals surface area contributed by atoms with Crippen molar-refractivity contribution in [3.05, 3.63) is 64.7 Å². The number of aryl methyl sites for hydroxylation is 1. The van der Waals surface area contributed by atoms with Crippen LogP contribution in [0.2, 0.25) is 5.02 Å². The molecule has 1 N–H and O–H groups in total. The van der Waals surface area contributed by atoms with Gasteiger partial charge in [0.25, 0.3) is 5.91 Å². The van der Waals surface area contributed by atoms with E-state index in [9.17, 15) is 9.59 Å². The highest BCUT2D eigenvalue weighted by atomic mass is 35.5. The van der Waals surface area contributed by atoms with Crippen molar-refractivity contribution in [1.82, 2.24) is 0 Å². The Morgan fingerprint density at radius 1 is 1.14 bits per heavy atom. The predicted octanol–water partition coefficient (Wildman–Crippen LogP) is 3.83. The highest BCUT2D eigenvalue weighted by molar-refractivity contribution is 6.30. The van der Waals surface area contributed by atoms with Crippen molar-refractivity contribution >= 4 is 29.2 Å². The van der Waals surface area contributed by atoms with Crippen LogP contribution < -0.4 is 5.32 Å². The van der Waals surface area contributed by atoms with Crippen LogP contribution in [-0.2, 0) is 9.53 Å². The molecule has 0 aliphatic rings. The van der Waals surface area contributed by atoms with E-state index in [1.165, 1.54) is 6.92 Å². The fraction of sp³-hybridized carbons (Fsp3) is 0.176. The van der Waals surface area contributed by atoms with Crippen molar-refractivity contribution < 1.29 is 14.3 Å². The molecule has 5 heteroatoms. The van der Waals surface area contributed by atoms with Crippen LogP contribution in [0.4, 0.5) is 5.69 Å². The minimum atomic E-state index is -0.899. The Balaban J connectivity index is 1.96. The summed E-state index contributed by atoms with van der Waals surface area (Å²) in [5.41, 5.74) is 2.04. The first-order chi connectivity index (χ1) is 10.5. The van der Waals surface area contributed by atoms with Gasteiger partial charge in [-0.15, -0.1) is 0 Å². The molecule has 0 saturated heterocycles. The van der Waals surface area contributed by atoms with Crippen molar-refractivity contribution in [2.75, 3.05) is 5.32 Å². The molecule has 1 amide bonds. The van der Waals surface area contributed by atoms with Crippen LogP contribution in [-0.4, -0.2) is 18.0 Å². The maximum Gasteiger partial charge on any atom is 0.338 e. The van der Waals surface area contributed by atoms with E-state index in [-0.39, 0.29) is 5.91 Å². The molecule has 0 aromatic heterocycles. The lowest BCUT2D eigenvalue weighted by Crippen LogP contribution is -2.30. The van der Waals surface area contributed by atoms with Gasteiger partial charge >= 0.3 is 5.97 Å². The summed E-state index contributed by atoms with van der Waals surface area (Å²) in [6, 6.07) is 13.7. The second kappa shape index (κ2) is 7.09. The maximum atomic E-state index is 12.0. The first kappa shape index (κ1) is 16.0. The molecule has 22 heavy (non-hydrogen) atoms. The Morgan fingerprint density at radius 3 is 2.45 bits per heavy atom. The average Bonchev–Trinajstić information content (AvgIpc) is 2.47. The second-order valence-electron chi connectivity index (χ2n) is 4.91. The normalized spacial score (nSPS) is 11.6. The number of esters is 1. The van der Waals surface area contributed by atoms with Crippen molar-refractivity contribution in [2.24, 2.45) is 0 Å². The summed E-state index contributed by atoms with van der Waals surface area (Å²) in [6.45, 7) is 3.46. The van der Waals surface area contributed by atoms with Gasteiger partial charge in [0.1, 0.15) is 0 Å². The lowest BCUT2D eigenvalue weighted by atomic mass is 10.2. The minimum Gasteiger partial charge on any atom is -0.449 e. The molecule has 114 valence electrons. The van der Waals surface area contributed by atoms with Gasteiger partial charge in [-0.1, -0.05) is 23.7 Å². The summed E-state index contributed by atoms with van der Waals surface area (Å²) in [7, 11) is 0. The zero-order valence-corrected chi connectivity index (χ0v) is 13.1. The van der Waals surface area contributed by atoms with Crippen LogP contribution in [0.25, 0.3) is 0 Å². The number of amides is 1. The lowest BCUT2D eigenvalue weighted by molar-refractivity contribution is -0.123. The topological polar surface area (TPSA) is 55.4 Å². The van der Waals surface area contributed by atoms with Gasteiger partial charge in [0, 0.05) is 10.7 Å². The quantitative estimate of drug-likeness (QED) is 0.872. The molecule has 0 bridgehead atoms. The number of carbonyl (C=O) groups excluding carboxylic acids is 2. The van der Waals surface area contributed by atoms with E-state index < -0.39 is 12.1 Å². The van der Waals surface area contributed by atoms with E-state index in [0.717, 1.165) is 5.56 Å². The van der Waals surface area contributed by atoms with E-state index in [1.807, 2.05) is 25.1 Å². The van der Waals surface area contributed by atoms with Crippen molar-refractivity contribution in [3.63, 3.8) is 0 Å². The number of hydrogen-bond donors (Lipinski definition) is 1. The summed E-state index contributed by atoms with van der Waals surface area (Å²) in [6.07, 6.45) is -0.899. The van der Waals surface area contributed by atoms with Gasteiger partial charge in [-0.05, 0) is 55.8 Å². The zero-order valence-electron chi connectivity index (χ0n) is 12.3. The van der Waals surface area contributed by atoms with Gasteiger partial charge in [-0.3, -0.25) is 4.79 Å². The van der Waals surface area contributed by atoms with Gasteiger partial charge in [0.05, 0.1) is 5.56 Å². The molecule has 0 aliphatic heterocycles. The van der Waals surface area contributed by atoms with Gasteiger partial charge in [0.15, 0.2) is 6.10 Å². The van der Waals surface area contributed by atoms with Gasteiger partial charge in [-0.2, -0.15) is 0 Å². The molecule has 0 unspecified atom stereocenters. The van der Waals surface area contributed by atoms with Crippen molar-refractivity contribution in [3.8, 4) is 0 Å². The highest BCUT2D eigenvalue weighted by Crippen LogP contribution is 2.13. The van der Waals surface area contributed by atoms with Gasteiger partial charge in [-0.25, -0.2) is 4.79 Å². The fourth-order valence-corrected chi connectivity index (χ4v) is 1.96. The molecule has 0 spiro atoms. The Bertz CT molecular complexity index is 683. The fourth-order valence-electron chi connectivity index (χ4n) is 1.83. The molecule has 2 aromatic carbocycles. The standard InChI is InChI=1S/C17H16ClNO3/c1-11-4-3-5-15(10-11)19-16(20)12(2)22-17(21)13-6-8-14(18)9-7-13/h3-10,12H,1-2H3,(H,19,20)/t12-/m0/s1. The Labute approximate surface area is 134 Å². The summed E-state index contributed by atoms with van der Waals surface area (Å²) >= 11 is 5.76. The molecule has 2 aromatic rings. The van der Waals surface area contributed by atoms with E-state index >= 15 is 0 Å². The van der Waals surface area contributed by atoms with Crippen LogP contribution in [0.3, 0.4) is 0 Å². The first-order valence-electron chi connectivity index (χ1n) is 6.80. The molecule has 0 saturated carbocycles. The molecule has 0 radical (unpaired) electrons. The first-order valence-corrected chi connectivity index (χ1v) is 7.17. The predicted molar refractivity (Wildman–Crippen MR) is 86.1 cm³/mol. The third-order valence-corrected chi connectivity index (χ3v) is 3.27. The molecule has 4 nitrogen and oxygen atoms in total. The number of hydrogen-bond acceptors (Lipinski definition) is 3. The lowest BCUT2D eigenvalue weighted by Gasteiger charge is -2.14. The van der Waals surface area contributed by atoms with E-state index in [2.05, 4.69) is 5.32 Å². The third-order valence-electron chi connectivity index (χ3n) is 3.02. The average molecular weight is 318 g/mol. The zero-order chi connectivity index (χ0) is 16.1. The molecule has 0 aliphatic carbocycles. The Morgan fingerprint density at radius 2 is 1.82 bits per heavy atom. The van der Waals surface area contributed by atoms with Crippen LogP contribution in [0.15, 0.2) is 48.5 Å². The smallest absolute Gasteiger partial charge is 0.338 e.